The molecule has 2 nitrogen and oxygen atoms in total. The molecule has 0 aliphatic carbocycles. The number of ketones is 1. The van der Waals surface area contributed by atoms with E-state index in [2.05, 4.69) is 4.74 Å². The number of rotatable bonds is 8. The number of hydrogen-bond donors (Lipinski definition) is 0. The maximum absolute atomic E-state index is 12.6. The standard InChI is InChI=1S/C15H18F4O2/c1-10(2)6-11-4-3-5-12(7-11)13(20)8-21-9-15(18,19)14(16)17/h3-5,7,10,14H,6,8-9H2,1-2H3. The van der Waals surface area contributed by atoms with Crippen molar-refractivity contribution in [3.05, 3.63) is 35.4 Å². The van der Waals surface area contributed by atoms with Crippen molar-refractivity contribution in [2.24, 2.45) is 5.92 Å². The molecule has 0 atom stereocenters. The second-order valence-electron chi connectivity index (χ2n) is 5.28. The lowest BCUT2D eigenvalue weighted by atomic mass is 10.00. The number of alkyl halides is 4. The van der Waals surface area contributed by atoms with E-state index in [0.717, 1.165) is 12.0 Å². The topological polar surface area (TPSA) is 26.3 Å². The van der Waals surface area contributed by atoms with E-state index >= 15 is 0 Å². The van der Waals surface area contributed by atoms with Crippen LogP contribution in [0.15, 0.2) is 24.3 Å². The summed E-state index contributed by atoms with van der Waals surface area (Å²) in [6.07, 6.45) is -3.02. The van der Waals surface area contributed by atoms with Crippen molar-refractivity contribution in [1.29, 1.82) is 0 Å². The monoisotopic (exact) mass is 306 g/mol. The van der Waals surface area contributed by atoms with Gasteiger partial charge >= 0.3 is 12.3 Å². The van der Waals surface area contributed by atoms with Crippen molar-refractivity contribution < 1.29 is 27.1 Å². The molecule has 0 amide bonds. The fraction of sp³-hybridized carbons (Fsp3) is 0.533. The lowest BCUT2D eigenvalue weighted by Gasteiger charge is -2.14. The third-order valence-electron chi connectivity index (χ3n) is 2.74. The van der Waals surface area contributed by atoms with Crippen LogP contribution in [0.25, 0.3) is 0 Å². The Morgan fingerprint density at radius 3 is 2.52 bits per heavy atom. The first kappa shape index (κ1) is 17.6. The predicted octanol–water partition coefficient (Wildman–Crippen LogP) is 3.98. The van der Waals surface area contributed by atoms with Gasteiger partial charge < -0.3 is 4.74 Å². The second kappa shape index (κ2) is 7.54. The van der Waals surface area contributed by atoms with Gasteiger partial charge in [0.15, 0.2) is 5.78 Å². The molecule has 0 saturated carbocycles. The lowest BCUT2D eigenvalue weighted by Crippen LogP contribution is -2.33. The summed E-state index contributed by atoms with van der Waals surface area (Å²) in [6.45, 7) is 1.95. The highest BCUT2D eigenvalue weighted by Gasteiger charge is 2.41. The van der Waals surface area contributed by atoms with Crippen LogP contribution in [0.5, 0.6) is 0 Å². The van der Waals surface area contributed by atoms with Gasteiger partial charge in [-0.1, -0.05) is 32.0 Å². The van der Waals surface area contributed by atoms with Crippen LogP contribution in [0.4, 0.5) is 17.6 Å². The van der Waals surface area contributed by atoms with Gasteiger partial charge in [0.2, 0.25) is 0 Å². The fourth-order valence-electron chi connectivity index (χ4n) is 1.77. The molecule has 1 rings (SSSR count). The molecule has 0 aliphatic heterocycles. The van der Waals surface area contributed by atoms with E-state index in [9.17, 15) is 22.4 Å². The molecule has 0 unspecified atom stereocenters. The van der Waals surface area contributed by atoms with Gasteiger partial charge in [0, 0.05) is 5.56 Å². The van der Waals surface area contributed by atoms with Crippen LogP contribution < -0.4 is 0 Å². The van der Waals surface area contributed by atoms with E-state index in [1.165, 1.54) is 0 Å². The molecule has 0 aromatic heterocycles. The zero-order valence-electron chi connectivity index (χ0n) is 11.9. The molecule has 1 aromatic carbocycles. The third kappa shape index (κ3) is 5.83. The number of carbonyl (C=O) groups excluding carboxylic acids is 1. The third-order valence-corrected chi connectivity index (χ3v) is 2.74. The summed E-state index contributed by atoms with van der Waals surface area (Å²) in [6, 6.07) is 6.76. The summed E-state index contributed by atoms with van der Waals surface area (Å²) in [7, 11) is 0. The van der Waals surface area contributed by atoms with Crippen molar-refractivity contribution in [1.82, 2.24) is 0 Å². The second-order valence-corrected chi connectivity index (χ2v) is 5.28. The molecule has 0 radical (unpaired) electrons. The van der Waals surface area contributed by atoms with Gasteiger partial charge in [0.1, 0.15) is 13.2 Å². The molecule has 1 aromatic rings. The van der Waals surface area contributed by atoms with Crippen LogP contribution in [0.2, 0.25) is 0 Å². The van der Waals surface area contributed by atoms with Crippen molar-refractivity contribution in [3.63, 3.8) is 0 Å². The maximum atomic E-state index is 12.6. The Labute approximate surface area is 121 Å². The van der Waals surface area contributed by atoms with E-state index < -0.39 is 31.3 Å². The molecule has 0 saturated heterocycles. The molecule has 21 heavy (non-hydrogen) atoms. The quantitative estimate of drug-likeness (QED) is 0.536. The Morgan fingerprint density at radius 2 is 1.95 bits per heavy atom. The normalized spacial score (nSPS) is 12.2. The van der Waals surface area contributed by atoms with Crippen molar-refractivity contribution >= 4 is 5.78 Å². The first-order valence-corrected chi connectivity index (χ1v) is 6.58. The van der Waals surface area contributed by atoms with Gasteiger partial charge in [0.05, 0.1) is 0 Å². The first-order valence-electron chi connectivity index (χ1n) is 6.58. The number of Topliss-reactive ketones (excluding diaryl/α,β-unsaturated/α-hetero) is 1. The number of carbonyl (C=O) groups is 1. The number of hydrogen-bond acceptors (Lipinski definition) is 2. The molecular weight excluding hydrogens is 288 g/mol. The van der Waals surface area contributed by atoms with Crippen molar-refractivity contribution in [2.75, 3.05) is 13.2 Å². The minimum absolute atomic E-state index is 0.327. The zero-order valence-corrected chi connectivity index (χ0v) is 11.9. The van der Waals surface area contributed by atoms with Crippen LogP contribution >= 0.6 is 0 Å². The van der Waals surface area contributed by atoms with E-state index in [1.54, 1.807) is 18.2 Å². The molecule has 0 heterocycles. The van der Waals surface area contributed by atoms with Crippen LogP contribution in [-0.2, 0) is 11.2 Å². The Kier molecular flexibility index (Phi) is 6.33. The smallest absolute Gasteiger partial charge is 0.330 e. The average Bonchev–Trinajstić information content (AvgIpc) is 2.37. The highest BCUT2D eigenvalue weighted by Crippen LogP contribution is 2.22. The van der Waals surface area contributed by atoms with Gasteiger partial charge in [-0.25, -0.2) is 8.78 Å². The van der Waals surface area contributed by atoms with Gasteiger partial charge in [0.25, 0.3) is 0 Å². The van der Waals surface area contributed by atoms with Crippen molar-refractivity contribution in [3.8, 4) is 0 Å². The van der Waals surface area contributed by atoms with Crippen molar-refractivity contribution in [2.45, 2.75) is 32.6 Å². The maximum Gasteiger partial charge on any atom is 0.330 e. The number of benzene rings is 1. The summed E-state index contributed by atoms with van der Waals surface area (Å²) in [5, 5.41) is 0. The highest BCUT2D eigenvalue weighted by molar-refractivity contribution is 5.97. The van der Waals surface area contributed by atoms with Crippen LogP contribution in [0, 0.1) is 5.92 Å². The summed E-state index contributed by atoms with van der Waals surface area (Å²) >= 11 is 0. The molecule has 118 valence electrons. The Bertz CT molecular complexity index is 472. The van der Waals surface area contributed by atoms with E-state index in [-0.39, 0.29) is 0 Å². The zero-order chi connectivity index (χ0) is 16.0. The minimum Gasteiger partial charge on any atom is -0.367 e. The van der Waals surface area contributed by atoms with Gasteiger partial charge in [-0.15, -0.1) is 0 Å². The first-order chi connectivity index (χ1) is 9.72. The summed E-state index contributed by atoms with van der Waals surface area (Å²) < 4.78 is 53.5. The predicted molar refractivity (Wildman–Crippen MR) is 71.1 cm³/mol. The van der Waals surface area contributed by atoms with E-state index in [4.69, 9.17) is 0 Å². The van der Waals surface area contributed by atoms with Crippen LogP contribution in [0.3, 0.4) is 0 Å². The van der Waals surface area contributed by atoms with Crippen LogP contribution in [-0.4, -0.2) is 31.3 Å². The largest absolute Gasteiger partial charge is 0.367 e. The fourth-order valence-corrected chi connectivity index (χ4v) is 1.77. The van der Waals surface area contributed by atoms with Gasteiger partial charge in [-0.2, -0.15) is 8.78 Å². The minimum atomic E-state index is -4.24. The van der Waals surface area contributed by atoms with Gasteiger partial charge in [-0.05, 0) is 24.0 Å². The average molecular weight is 306 g/mol. The Hall–Kier alpha value is -1.43. The molecule has 0 fully saturated rings. The van der Waals surface area contributed by atoms with E-state index in [1.807, 2.05) is 19.9 Å². The molecule has 0 N–H and O–H groups in total. The van der Waals surface area contributed by atoms with Crippen LogP contribution in [0.1, 0.15) is 29.8 Å². The summed E-state index contributed by atoms with van der Waals surface area (Å²) in [5.74, 6) is -4.33. The number of halogens is 4. The highest BCUT2D eigenvalue weighted by atomic mass is 19.3. The molecule has 0 aliphatic rings. The lowest BCUT2D eigenvalue weighted by molar-refractivity contribution is -0.163. The van der Waals surface area contributed by atoms with E-state index in [0.29, 0.717) is 11.5 Å². The Morgan fingerprint density at radius 1 is 1.29 bits per heavy atom. The molecule has 6 heteroatoms. The molecule has 0 bridgehead atoms. The summed E-state index contributed by atoms with van der Waals surface area (Å²) in [5.41, 5.74) is 1.28. The Balaban J connectivity index is 2.56. The SMILES string of the molecule is CC(C)Cc1cccc(C(=O)COCC(F)(F)C(F)F)c1. The van der Waals surface area contributed by atoms with Gasteiger partial charge in [-0.3, -0.25) is 4.79 Å². The number of ether oxygens (including phenoxy) is 1. The summed E-state index contributed by atoms with van der Waals surface area (Å²) in [4.78, 5) is 11.8. The molecule has 0 spiro atoms. The molecular formula is C15H18F4O2.